The topological polar surface area (TPSA) is 63.0 Å². The van der Waals surface area contributed by atoms with Crippen LogP contribution in [0.25, 0.3) is 0 Å². The van der Waals surface area contributed by atoms with Gasteiger partial charge in [-0.15, -0.1) is 0 Å². The summed E-state index contributed by atoms with van der Waals surface area (Å²) in [6.07, 6.45) is 5.02. The second-order valence-electron chi connectivity index (χ2n) is 4.76. The zero-order valence-electron chi connectivity index (χ0n) is 12.3. The van der Waals surface area contributed by atoms with E-state index in [1.807, 2.05) is 12.1 Å². The first kappa shape index (κ1) is 14.4. The molecule has 0 radical (unpaired) electrons. The van der Waals surface area contributed by atoms with E-state index < -0.39 is 0 Å². The van der Waals surface area contributed by atoms with Crippen LogP contribution >= 0.6 is 0 Å². The minimum atomic E-state index is 0.246. The molecule has 0 aliphatic heterocycles. The van der Waals surface area contributed by atoms with Crippen LogP contribution in [0, 0.1) is 0 Å². The smallest absolute Gasteiger partial charge is 0.134 e. The fraction of sp³-hybridized carbons (Fsp3) is 0.467. The summed E-state index contributed by atoms with van der Waals surface area (Å²) in [7, 11) is 0. The van der Waals surface area contributed by atoms with Gasteiger partial charge in [0.05, 0.1) is 6.26 Å². The van der Waals surface area contributed by atoms with Gasteiger partial charge in [0.25, 0.3) is 0 Å². The Kier molecular flexibility index (Phi) is 4.98. The van der Waals surface area contributed by atoms with Crippen molar-refractivity contribution in [2.45, 2.75) is 39.7 Å². The second kappa shape index (κ2) is 6.93. The van der Waals surface area contributed by atoms with E-state index in [1.54, 1.807) is 12.6 Å². The summed E-state index contributed by atoms with van der Waals surface area (Å²) in [5.41, 5.74) is 1.13. The number of nitrogens with zero attached hydrogens (tertiary/aromatic N) is 2. The standard InChI is InChI=1S/C15H22N4O/c1-4-13-14(16-5-2)17-10-18-15(13)19-11(3)9-12-7-6-8-20-12/h6-8,10-11H,4-5,9H2,1-3H3,(H2,16,17,18,19). The van der Waals surface area contributed by atoms with Gasteiger partial charge in [0.15, 0.2) is 0 Å². The van der Waals surface area contributed by atoms with Crippen molar-refractivity contribution in [1.82, 2.24) is 9.97 Å². The van der Waals surface area contributed by atoms with Crippen LogP contribution in [0.3, 0.4) is 0 Å². The molecule has 2 aromatic rings. The summed E-state index contributed by atoms with van der Waals surface area (Å²) in [6, 6.07) is 4.15. The Morgan fingerprint density at radius 3 is 2.70 bits per heavy atom. The van der Waals surface area contributed by atoms with E-state index in [0.717, 1.165) is 42.3 Å². The van der Waals surface area contributed by atoms with Gasteiger partial charge in [0, 0.05) is 24.6 Å². The van der Waals surface area contributed by atoms with Gasteiger partial charge < -0.3 is 15.1 Å². The van der Waals surface area contributed by atoms with E-state index in [2.05, 4.69) is 41.4 Å². The lowest BCUT2D eigenvalue weighted by atomic mass is 10.1. The van der Waals surface area contributed by atoms with Gasteiger partial charge >= 0.3 is 0 Å². The average molecular weight is 274 g/mol. The normalized spacial score (nSPS) is 12.2. The van der Waals surface area contributed by atoms with Gasteiger partial charge in [0.1, 0.15) is 23.7 Å². The molecule has 0 bridgehead atoms. The van der Waals surface area contributed by atoms with Crippen LogP contribution in [0.4, 0.5) is 11.6 Å². The summed E-state index contributed by atoms with van der Waals surface area (Å²) in [6.45, 7) is 7.15. The Balaban J connectivity index is 2.09. The quantitative estimate of drug-likeness (QED) is 0.812. The Morgan fingerprint density at radius 2 is 2.05 bits per heavy atom. The summed E-state index contributed by atoms with van der Waals surface area (Å²) >= 11 is 0. The van der Waals surface area contributed by atoms with Crippen LogP contribution in [0.15, 0.2) is 29.1 Å². The number of hydrogen-bond acceptors (Lipinski definition) is 5. The number of furan rings is 1. The maximum Gasteiger partial charge on any atom is 0.134 e. The molecule has 2 heterocycles. The highest BCUT2D eigenvalue weighted by atomic mass is 16.3. The number of rotatable bonds is 7. The first-order chi connectivity index (χ1) is 9.74. The van der Waals surface area contributed by atoms with Gasteiger partial charge in [-0.3, -0.25) is 0 Å². The lowest BCUT2D eigenvalue weighted by Crippen LogP contribution is -2.20. The van der Waals surface area contributed by atoms with Crippen LogP contribution in [-0.4, -0.2) is 22.6 Å². The monoisotopic (exact) mass is 274 g/mol. The van der Waals surface area contributed by atoms with E-state index >= 15 is 0 Å². The van der Waals surface area contributed by atoms with Gasteiger partial charge in [-0.2, -0.15) is 0 Å². The predicted octanol–water partition coefficient (Wildman–Crippen LogP) is 3.11. The van der Waals surface area contributed by atoms with E-state index in [4.69, 9.17) is 4.42 Å². The lowest BCUT2D eigenvalue weighted by molar-refractivity contribution is 0.497. The van der Waals surface area contributed by atoms with E-state index in [0.29, 0.717) is 0 Å². The molecule has 0 saturated carbocycles. The molecule has 5 nitrogen and oxygen atoms in total. The van der Waals surface area contributed by atoms with Gasteiger partial charge in [0.2, 0.25) is 0 Å². The zero-order chi connectivity index (χ0) is 14.4. The molecule has 2 N–H and O–H groups in total. The Morgan fingerprint density at radius 1 is 1.25 bits per heavy atom. The minimum Gasteiger partial charge on any atom is -0.469 e. The summed E-state index contributed by atoms with van der Waals surface area (Å²) in [4.78, 5) is 8.67. The fourth-order valence-corrected chi connectivity index (χ4v) is 2.21. The number of nitrogens with one attached hydrogen (secondary N) is 2. The number of anilines is 2. The van der Waals surface area contributed by atoms with Crippen LogP contribution in [0.2, 0.25) is 0 Å². The largest absolute Gasteiger partial charge is 0.469 e. The summed E-state index contributed by atoms with van der Waals surface area (Å²) in [5, 5.41) is 6.72. The van der Waals surface area contributed by atoms with Gasteiger partial charge in [-0.25, -0.2) is 9.97 Å². The Labute approximate surface area is 119 Å². The van der Waals surface area contributed by atoms with Crippen LogP contribution in [-0.2, 0) is 12.8 Å². The Bertz CT molecular complexity index is 525. The highest BCUT2D eigenvalue weighted by Gasteiger charge is 2.12. The van der Waals surface area contributed by atoms with Crippen LogP contribution in [0.5, 0.6) is 0 Å². The van der Waals surface area contributed by atoms with Crippen molar-refractivity contribution in [1.29, 1.82) is 0 Å². The van der Waals surface area contributed by atoms with Crippen molar-refractivity contribution < 1.29 is 4.42 Å². The minimum absolute atomic E-state index is 0.246. The first-order valence-electron chi connectivity index (χ1n) is 7.11. The zero-order valence-corrected chi connectivity index (χ0v) is 12.3. The van der Waals surface area contributed by atoms with Crippen molar-refractivity contribution in [3.05, 3.63) is 36.0 Å². The highest BCUT2D eigenvalue weighted by Crippen LogP contribution is 2.21. The van der Waals surface area contributed by atoms with E-state index in [1.165, 1.54) is 0 Å². The molecule has 0 aliphatic rings. The van der Waals surface area contributed by atoms with Crippen molar-refractivity contribution in [3.8, 4) is 0 Å². The predicted molar refractivity (Wildman–Crippen MR) is 81.1 cm³/mol. The third kappa shape index (κ3) is 3.50. The van der Waals surface area contributed by atoms with E-state index in [-0.39, 0.29) is 6.04 Å². The molecule has 2 aromatic heterocycles. The third-order valence-electron chi connectivity index (χ3n) is 3.11. The van der Waals surface area contributed by atoms with Crippen molar-refractivity contribution >= 4 is 11.6 Å². The van der Waals surface area contributed by atoms with Crippen LogP contribution in [0.1, 0.15) is 32.1 Å². The lowest BCUT2D eigenvalue weighted by Gasteiger charge is -2.17. The molecule has 0 aromatic carbocycles. The fourth-order valence-electron chi connectivity index (χ4n) is 2.21. The third-order valence-corrected chi connectivity index (χ3v) is 3.11. The van der Waals surface area contributed by atoms with Crippen molar-refractivity contribution in [2.75, 3.05) is 17.2 Å². The molecule has 0 spiro atoms. The molecule has 2 rings (SSSR count). The Hall–Kier alpha value is -2.04. The molecule has 20 heavy (non-hydrogen) atoms. The molecule has 0 amide bonds. The maximum atomic E-state index is 5.38. The molecule has 0 saturated heterocycles. The molecule has 0 aliphatic carbocycles. The highest BCUT2D eigenvalue weighted by molar-refractivity contribution is 5.57. The van der Waals surface area contributed by atoms with Crippen molar-refractivity contribution in [3.63, 3.8) is 0 Å². The molecule has 1 atom stereocenters. The first-order valence-corrected chi connectivity index (χ1v) is 7.11. The molecule has 5 heteroatoms. The summed E-state index contributed by atoms with van der Waals surface area (Å²) in [5.74, 6) is 2.79. The van der Waals surface area contributed by atoms with Crippen molar-refractivity contribution in [2.24, 2.45) is 0 Å². The van der Waals surface area contributed by atoms with Gasteiger partial charge in [-0.05, 0) is 32.4 Å². The molecule has 1 unspecified atom stereocenters. The molecular weight excluding hydrogens is 252 g/mol. The molecular formula is C15H22N4O. The van der Waals surface area contributed by atoms with Gasteiger partial charge in [-0.1, -0.05) is 6.92 Å². The molecule has 0 fully saturated rings. The average Bonchev–Trinajstić information content (AvgIpc) is 2.92. The summed E-state index contributed by atoms with van der Waals surface area (Å²) < 4.78 is 5.38. The number of hydrogen-bond donors (Lipinski definition) is 2. The van der Waals surface area contributed by atoms with E-state index in [9.17, 15) is 0 Å². The van der Waals surface area contributed by atoms with Crippen LogP contribution < -0.4 is 10.6 Å². The second-order valence-corrected chi connectivity index (χ2v) is 4.76. The molecule has 108 valence electrons. The maximum absolute atomic E-state index is 5.38. The number of aromatic nitrogens is 2. The SMILES string of the molecule is CCNc1ncnc(NC(C)Cc2ccco2)c1CC.